The zero-order chi connectivity index (χ0) is 22.7. The van der Waals surface area contributed by atoms with Crippen LogP contribution in [0.5, 0.6) is 0 Å². The fraction of sp³-hybridized carbons (Fsp3) is 0.280. The van der Waals surface area contributed by atoms with Crippen LogP contribution in [0.1, 0.15) is 48.4 Å². The first-order valence-electron chi connectivity index (χ1n) is 10.8. The molecule has 0 aliphatic carbocycles. The van der Waals surface area contributed by atoms with Gasteiger partial charge in [-0.05, 0) is 55.7 Å². The largest absolute Gasteiger partial charge is 0.344 e. The van der Waals surface area contributed by atoms with Gasteiger partial charge in [0.2, 0.25) is 0 Å². The van der Waals surface area contributed by atoms with Crippen LogP contribution in [0.15, 0.2) is 60.9 Å². The predicted molar refractivity (Wildman–Crippen MR) is 127 cm³/mol. The van der Waals surface area contributed by atoms with E-state index in [1.165, 1.54) is 5.56 Å². The molecule has 1 unspecified atom stereocenters. The second-order valence-corrected chi connectivity index (χ2v) is 8.46. The maximum Gasteiger partial charge on any atom is 0.272 e. The molecule has 4 rings (SSSR count). The summed E-state index contributed by atoms with van der Waals surface area (Å²) < 4.78 is 1.82. The minimum Gasteiger partial charge on any atom is -0.344 e. The molecule has 2 N–H and O–H groups in total. The Labute approximate surface area is 187 Å². The Morgan fingerprint density at radius 2 is 1.84 bits per heavy atom. The number of aromatic nitrogens is 4. The average molecular weight is 429 g/mol. The van der Waals surface area contributed by atoms with Crippen LogP contribution < -0.4 is 10.6 Å². The lowest BCUT2D eigenvalue weighted by atomic mass is 10.1. The maximum absolute atomic E-state index is 13.1. The number of nitrogens with zero attached hydrogens (tertiary/aromatic N) is 4. The van der Waals surface area contributed by atoms with Gasteiger partial charge in [0, 0.05) is 24.6 Å². The summed E-state index contributed by atoms with van der Waals surface area (Å²) in [4.78, 5) is 22.0. The molecule has 0 saturated carbocycles. The first-order valence-corrected chi connectivity index (χ1v) is 10.8. The van der Waals surface area contributed by atoms with Crippen LogP contribution in [0.3, 0.4) is 0 Å². The van der Waals surface area contributed by atoms with Crippen molar-refractivity contribution in [2.24, 2.45) is 5.92 Å². The highest BCUT2D eigenvalue weighted by molar-refractivity contribution is 6.04. The predicted octanol–water partition coefficient (Wildman–Crippen LogP) is 5.03. The van der Waals surface area contributed by atoms with Gasteiger partial charge in [0.1, 0.15) is 5.82 Å². The molecule has 1 amide bonds. The number of hydrogen-bond donors (Lipinski definition) is 2. The molecule has 7 nitrogen and oxygen atoms in total. The minimum atomic E-state index is -0.227. The Kier molecular flexibility index (Phi) is 6.16. The molecule has 0 bridgehead atoms. The maximum atomic E-state index is 13.1. The minimum absolute atomic E-state index is 0.183. The Morgan fingerprint density at radius 1 is 1.06 bits per heavy atom. The van der Waals surface area contributed by atoms with Gasteiger partial charge in [-0.15, -0.1) is 0 Å². The van der Waals surface area contributed by atoms with Gasteiger partial charge in [-0.25, -0.2) is 9.67 Å². The highest BCUT2D eigenvalue weighted by Gasteiger charge is 2.21. The molecule has 0 spiro atoms. The monoisotopic (exact) mass is 428 g/mol. The van der Waals surface area contributed by atoms with Gasteiger partial charge >= 0.3 is 0 Å². The zero-order valence-corrected chi connectivity index (χ0v) is 18.8. The van der Waals surface area contributed by atoms with Crippen molar-refractivity contribution in [2.75, 3.05) is 5.32 Å². The number of aryl methyl sites for hydroxylation is 1. The molecule has 0 radical (unpaired) electrons. The second kappa shape index (κ2) is 9.18. The summed E-state index contributed by atoms with van der Waals surface area (Å²) in [5, 5.41) is 11.7. The van der Waals surface area contributed by atoms with Crippen LogP contribution in [-0.2, 0) is 6.54 Å². The molecular weight excluding hydrogens is 400 g/mol. The van der Waals surface area contributed by atoms with Crippen molar-refractivity contribution in [1.82, 2.24) is 25.1 Å². The van der Waals surface area contributed by atoms with E-state index in [1.807, 2.05) is 48.0 Å². The number of carbonyl (C=O) groups excluding carboxylic acids is 1. The van der Waals surface area contributed by atoms with Gasteiger partial charge < -0.3 is 10.6 Å². The molecule has 0 fully saturated rings. The zero-order valence-electron chi connectivity index (χ0n) is 18.8. The lowest BCUT2D eigenvalue weighted by molar-refractivity contribution is 0.0935. The van der Waals surface area contributed by atoms with Crippen molar-refractivity contribution in [1.29, 1.82) is 0 Å². The van der Waals surface area contributed by atoms with Crippen molar-refractivity contribution >= 4 is 28.4 Å². The van der Waals surface area contributed by atoms with Crippen molar-refractivity contribution < 1.29 is 4.79 Å². The van der Waals surface area contributed by atoms with Crippen LogP contribution in [0.25, 0.3) is 11.0 Å². The fourth-order valence-electron chi connectivity index (χ4n) is 3.53. The van der Waals surface area contributed by atoms with Crippen molar-refractivity contribution in [3.05, 3.63) is 77.7 Å². The van der Waals surface area contributed by atoms with Crippen molar-refractivity contribution in [2.45, 2.75) is 40.3 Å². The molecule has 32 heavy (non-hydrogen) atoms. The van der Waals surface area contributed by atoms with Crippen LogP contribution in [0.4, 0.5) is 11.5 Å². The third-order valence-corrected chi connectivity index (χ3v) is 5.20. The molecule has 3 aromatic heterocycles. The summed E-state index contributed by atoms with van der Waals surface area (Å²) in [6.07, 6.45) is 3.47. The van der Waals surface area contributed by atoms with Gasteiger partial charge in [-0.2, -0.15) is 5.10 Å². The number of anilines is 2. The Hall–Kier alpha value is -3.74. The standard InChI is InChI=1S/C25H28N6O/c1-16(2)15-31-24-21(11-12-22(29-24)28-20-9-7-17(3)8-10-20)23(30-31)25(32)27-18(4)19-6-5-13-26-14-19/h5-14,16,18H,15H2,1-4H3,(H,27,32)(H,28,29). The number of benzene rings is 1. The topological polar surface area (TPSA) is 84.7 Å². The van der Waals surface area contributed by atoms with E-state index in [0.29, 0.717) is 29.6 Å². The van der Waals surface area contributed by atoms with E-state index >= 15 is 0 Å². The molecule has 3 heterocycles. The number of nitrogens with one attached hydrogen (secondary N) is 2. The van der Waals surface area contributed by atoms with E-state index in [4.69, 9.17) is 4.98 Å². The van der Waals surface area contributed by atoms with Crippen LogP contribution in [0, 0.1) is 12.8 Å². The number of amides is 1. The summed E-state index contributed by atoms with van der Waals surface area (Å²) in [6.45, 7) is 8.89. The molecule has 0 aliphatic heterocycles. The lowest BCUT2D eigenvalue weighted by Crippen LogP contribution is -2.27. The number of hydrogen-bond acceptors (Lipinski definition) is 5. The molecule has 0 aliphatic rings. The number of carbonyl (C=O) groups is 1. The highest BCUT2D eigenvalue weighted by Crippen LogP contribution is 2.23. The quantitative estimate of drug-likeness (QED) is 0.431. The van der Waals surface area contributed by atoms with E-state index in [9.17, 15) is 4.79 Å². The third-order valence-electron chi connectivity index (χ3n) is 5.20. The van der Waals surface area contributed by atoms with Crippen LogP contribution in [-0.4, -0.2) is 25.7 Å². The van der Waals surface area contributed by atoms with Crippen LogP contribution >= 0.6 is 0 Å². The van der Waals surface area contributed by atoms with Crippen molar-refractivity contribution in [3.8, 4) is 0 Å². The van der Waals surface area contributed by atoms with E-state index in [0.717, 1.165) is 16.6 Å². The first kappa shape index (κ1) is 21.5. The normalized spacial score (nSPS) is 12.2. The highest BCUT2D eigenvalue weighted by atomic mass is 16.2. The Morgan fingerprint density at radius 3 is 2.53 bits per heavy atom. The third kappa shape index (κ3) is 4.77. The molecule has 164 valence electrons. The molecule has 4 aromatic rings. The Bertz CT molecular complexity index is 1210. The Balaban J connectivity index is 1.65. The summed E-state index contributed by atoms with van der Waals surface area (Å²) in [5.41, 5.74) is 4.17. The first-order chi connectivity index (χ1) is 15.4. The molecule has 7 heteroatoms. The molecule has 0 saturated heterocycles. The summed E-state index contributed by atoms with van der Waals surface area (Å²) in [5.74, 6) is 0.843. The SMILES string of the molecule is Cc1ccc(Nc2ccc3c(C(=O)NC(C)c4cccnc4)nn(CC(C)C)c3n2)cc1. The van der Waals surface area contributed by atoms with Gasteiger partial charge in [0.25, 0.3) is 5.91 Å². The second-order valence-electron chi connectivity index (χ2n) is 8.46. The summed E-state index contributed by atoms with van der Waals surface area (Å²) in [7, 11) is 0. The number of fused-ring (bicyclic) bond motifs is 1. The molecule has 1 aromatic carbocycles. The van der Waals surface area contributed by atoms with Gasteiger partial charge in [0.15, 0.2) is 11.3 Å². The lowest BCUT2D eigenvalue weighted by Gasteiger charge is -2.12. The summed E-state index contributed by atoms with van der Waals surface area (Å²) >= 11 is 0. The summed E-state index contributed by atoms with van der Waals surface area (Å²) in [6, 6.07) is 15.5. The number of rotatable bonds is 7. The van der Waals surface area contributed by atoms with E-state index in [1.54, 1.807) is 12.4 Å². The van der Waals surface area contributed by atoms with Gasteiger partial charge in [-0.3, -0.25) is 9.78 Å². The van der Waals surface area contributed by atoms with E-state index in [2.05, 4.69) is 53.6 Å². The van der Waals surface area contributed by atoms with Gasteiger partial charge in [-0.1, -0.05) is 37.6 Å². The fourth-order valence-corrected chi connectivity index (χ4v) is 3.53. The van der Waals surface area contributed by atoms with E-state index < -0.39 is 0 Å². The molecular formula is C25H28N6O. The smallest absolute Gasteiger partial charge is 0.272 e. The van der Waals surface area contributed by atoms with Crippen molar-refractivity contribution in [3.63, 3.8) is 0 Å². The number of pyridine rings is 2. The van der Waals surface area contributed by atoms with Crippen LogP contribution in [0.2, 0.25) is 0 Å². The molecule has 1 atom stereocenters. The average Bonchev–Trinajstić information content (AvgIpc) is 3.13. The van der Waals surface area contributed by atoms with E-state index in [-0.39, 0.29) is 11.9 Å². The van der Waals surface area contributed by atoms with Gasteiger partial charge in [0.05, 0.1) is 11.4 Å².